The standard InChI is InChI=1S/C14H20N2O5/c1-14(2,3)21-13(19)16-6-4-5-9(7-16)11-10(12(17)18)15-8-20-11/h8-9H,4-7H2,1-3H3,(H,17,18)/t9-/m0/s1. The van der Waals surface area contributed by atoms with E-state index in [4.69, 9.17) is 14.3 Å². The number of carbonyl (C=O) groups excluding carboxylic acids is 1. The van der Waals surface area contributed by atoms with E-state index in [0.29, 0.717) is 18.8 Å². The molecule has 0 aromatic carbocycles. The van der Waals surface area contributed by atoms with Crippen LogP contribution in [-0.4, -0.2) is 45.7 Å². The van der Waals surface area contributed by atoms with Gasteiger partial charge < -0.3 is 19.2 Å². The van der Waals surface area contributed by atoms with Crippen molar-refractivity contribution in [2.45, 2.75) is 45.1 Å². The molecule has 0 radical (unpaired) electrons. The van der Waals surface area contributed by atoms with Crippen molar-refractivity contribution in [1.82, 2.24) is 9.88 Å². The summed E-state index contributed by atoms with van der Waals surface area (Å²) in [5.74, 6) is -0.955. The monoisotopic (exact) mass is 296 g/mol. The first-order valence-corrected chi connectivity index (χ1v) is 6.92. The van der Waals surface area contributed by atoms with Crippen molar-refractivity contribution in [1.29, 1.82) is 0 Å². The Balaban J connectivity index is 2.09. The van der Waals surface area contributed by atoms with Gasteiger partial charge in [-0.25, -0.2) is 14.6 Å². The number of aromatic nitrogens is 1. The van der Waals surface area contributed by atoms with E-state index >= 15 is 0 Å². The maximum atomic E-state index is 12.1. The van der Waals surface area contributed by atoms with Gasteiger partial charge in [0.1, 0.15) is 11.4 Å². The Morgan fingerprint density at radius 3 is 2.81 bits per heavy atom. The molecule has 2 rings (SSSR count). The highest BCUT2D eigenvalue weighted by Crippen LogP contribution is 2.29. The second-order valence-electron chi connectivity index (χ2n) is 6.14. The normalized spacial score (nSPS) is 19.4. The van der Waals surface area contributed by atoms with Crippen LogP contribution in [0.4, 0.5) is 4.79 Å². The summed E-state index contributed by atoms with van der Waals surface area (Å²) < 4.78 is 10.6. The zero-order valence-corrected chi connectivity index (χ0v) is 12.5. The first kappa shape index (κ1) is 15.3. The van der Waals surface area contributed by atoms with Gasteiger partial charge in [-0.15, -0.1) is 0 Å². The maximum Gasteiger partial charge on any atom is 0.410 e. The van der Waals surface area contributed by atoms with Gasteiger partial charge in [0.15, 0.2) is 12.1 Å². The fourth-order valence-electron chi connectivity index (χ4n) is 2.39. The number of hydrogen-bond donors (Lipinski definition) is 1. The van der Waals surface area contributed by atoms with Crippen molar-refractivity contribution >= 4 is 12.1 Å². The summed E-state index contributed by atoms with van der Waals surface area (Å²) in [4.78, 5) is 28.5. The third-order valence-electron chi connectivity index (χ3n) is 3.24. The summed E-state index contributed by atoms with van der Waals surface area (Å²) >= 11 is 0. The quantitative estimate of drug-likeness (QED) is 0.901. The van der Waals surface area contributed by atoms with Gasteiger partial charge in [-0.1, -0.05) is 0 Å². The number of carbonyl (C=O) groups is 2. The van der Waals surface area contributed by atoms with Crippen LogP contribution in [-0.2, 0) is 4.74 Å². The number of aromatic carboxylic acids is 1. The number of carboxylic acid groups (broad SMARTS) is 1. The lowest BCUT2D eigenvalue weighted by Gasteiger charge is -2.33. The Bertz CT molecular complexity index is 532. The van der Waals surface area contributed by atoms with Crippen LogP contribution >= 0.6 is 0 Å². The van der Waals surface area contributed by atoms with Gasteiger partial charge in [-0.3, -0.25) is 0 Å². The van der Waals surface area contributed by atoms with E-state index in [0.717, 1.165) is 19.2 Å². The highest BCUT2D eigenvalue weighted by Gasteiger charge is 2.32. The van der Waals surface area contributed by atoms with Crippen molar-refractivity contribution in [3.63, 3.8) is 0 Å². The molecule has 21 heavy (non-hydrogen) atoms. The number of rotatable bonds is 2. The first-order chi connectivity index (χ1) is 9.78. The first-order valence-electron chi connectivity index (χ1n) is 6.92. The fourth-order valence-corrected chi connectivity index (χ4v) is 2.39. The molecule has 1 saturated heterocycles. The zero-order chi connectivity index (χ0) is 15.6. The summed E-state index contributed by atoms with van der Waals surface area (Å²) in [6.45, 7) is 6.41. The van der Waals surface area contributed by atoms with Crippen LogP contribution in [0.25, 0.3) is 0 Å². The number of amides is 1. The Morgan fingerprint density at radius 1 is 1.48 bits per heavy atom. The molecule has 1 fully saturated rings. The summed E-state index contributed by atoms with van der Waals surface area (Å²) in [6, 6.07) is 0. The molecule has 0 aliphatic carbocycles. The van der Waals surface area contributed by atoms with Crippen molar-refractivity contribution in [3.8, 4) is 0 Å². The van der Waals surface area contributed by atoms with Gasteiger partial charge in [-0.2, -0.15) is 0 Å². The molecule has 1 aromatic rings. The maximum absolute atomic E-state index is 12.1. The highest BCUT2D eigenvalue weighted by molar-refractivity contribution is 5.86. The summed E-state index contributed by atoms with van der Waals surface area (Å²) in [7, 11) is 0. The van der Waals surface area contributed by atoms with Crippen LogP contribution in [0.5, 0.6) is 0 Å². The lowest BCUT2D eigenvalue weighted by atomic mass is 9.94. The lowest BCUT2D eigenvalue weighted by molar-refractivity contribution is 0.0192. The Kier molecular flexibility index (Phi) is 4.20. The Morgan fingerprint density at radius 2 is 2.19 bits per heavy atom. The average molecular weight is 296 g/mol. The number of likely N-dealkylation sites (tertiary alicyclic amines) is 1. The van der Waals surface area contributed by atoms with E-state index in [1.54, 1.807) is 4.90 Å². The molecule has 2 heterocycles. The molecule has 1 N–H and O–H groups in total. The second-order valence-corrected chi connectivity index (χ2v) is 6.14. The SMILES string of the molecule is CC(C)(C)OC(=O)N1CCC[C@H](c2ocnc2C(=O)O)C1. The number of carboxylic acids is 1. The zero-order valence-electron chi connectivity index (χ0n) is 12.5. The van der Waals surface area contributed by atoms with Gasteiger partial charge in [-0.05, 0) is 33.6 Å². The fraction of sp³-hybridized carbons (Fsp3) is 0.643. The minimum atomic E-state index is -1.12. The number of ether oxygens (including phenoxy) is 1. The number of nitrogens with zero attached hydrogens (tertiary/aromatic N) is 2. The molecule has 1 atom stereocenters. The molecule has 1 aliphatic heterocycles. The molecule has 7 nitrogen and oxygen atoms in total. The van der Waals surface area contributed by atoms with Crippen LogP contribution in [0.1, 0.15) is 55.8 Å². The molecule has 1 aliphatic rings. The molecule has 1 aromatic heterocycles. The minimum Gasteiger partial charge on any atom is -0.476 e. The van der Waals surface area contributed by atoms with Gasteiger partial charge in [0.05, 0.1) is 0 Å². The van der Waals surface area contributed by atoms with Crippen molar-refractivity contribution in [3.05, 3.63) is 17.8 Å². The molecule has 0 saturated carbocycles. The Labute approximate surface area is 122 Å². The molecule has 1 amide bonds. The van der Waals surface area contributed by atoms with Crippen LogP contribution in [0.2, 0.25) is 0 Å². The van der Waals surface area contributed by atoms with Gasteiger partial charge in [0.25, 0.3) is 0 Å². The topological polar surface area (TPSA) is 92.9 Å². The van der Waals surface area contributed by atoms with Crippen molar-refractivity contribution in [2.75, 3.05) is 13.1 Å². The van der Waals surface area contributed by atoms with Crippen LogP contribution in [0.3, 0.4) is 0 Å². The van der Waals surface area contributed by atoms with E-state index < -0.39 is 11.6 Å². The van der Waals surface area contributed by atoms with Crippen molar-refractivity contribution in [2.24, 2.45) is 0 Å². The van der Waals surface area contributed by atoms with Crippen LogP contribution in [0.15, 0.2) is 10.8 Å². The number of piperidine rings is 1. The highest BCUT2D eigenvalue weighted by atomic mass is 16.6. The summed E-state index contributed by atoms with van der Waals surface area (Å²) in [5, 5.41) is 9.09. The van der Waals surface area contributed by atoms with E-state index in [9.17, 15) is 9.59 Å². The molecule has 0 spiro atoms. The lowest BCUT2D eigenvalue weighted by Crippen LogP contribution is -2.42. The summed E-state index contributed by atoms with van der Waals surface area (Å²) in [5.41, 5.74) is -0.631. The second kappa shape index (κ2) is 5.75. The molecular weight excluding hydrogens is 276 g/mol. The van der Waals surface area contributed by atoms with Crippen LogP contribution < -0.4 is 0 Å². The van der Waals surface area contributed by atoms with Gasteiger partial charge in [0.2, 0.25) is 0 Å². The average Bonchev–Trinajstić information content (AvgIpc) is 2.86. The van der Waals surface area contributed by atoms with E-state index in [1.807, 2.05) is 20.8 Å². The predicted octanol–water partition coefficient (Wildman–Crippen LogP) is 2.49. The largest absolute Gasteiger partial charge is 0.476 e. The number of oxazole rings is 1. The molecule has 116 valence electrons. The van der Waals surface area contributed by atoms with E-state index in [1.165, 1.54) is 0 Å². The van der Waals surface area contributed by atoms with Crippen molar-refractivity contribution < 1.29 is 23.8 Å². The smallest absolute Gasteiger partial charge is 0.410 e. The molecule has 0 bridgehead atoms. The molecule has 7 heteroatoms. The number of hydrogen-bond acceptors (Lipinski definition) is 5. The molecular formula is C14H20N2O5. The van der Waals surface area contributed by atoms with Crippen LogP contribution in [0, 0.1) is 0 Å². The third-order valence-corrected chi connectivity index (χ3v) is 3.24. The third kappa shape index (κ3) is 3.74. The van der Waals surface area contributed by atoms with E-state index in [2.05, 4.69) is 4.98 Å². The van der Waals surface area contributed by atoms with Gasteiger partial charge >= 0.3 is 12.1 Å². The molecule has 0 unspecified atom stereocenters. The predicted molar refractivity (Wildman–Crippen MR) is 73.2 cm³/mol. The van der Waals surface area contributed by atoms with Gasteiger partial charge in [0, 0.05) is 19.0 Å². The van der Waals surface area contributed by atoms with E-state index in [-0.39, 0.29) is 17.7 Å². The summed E-state index contributed by atoms with van der Waals surface area (Å²) in [6.07, 6.45) is 2.27. The Hall–Kier alpha value is -2.05. The minimum absolute atomic E-state index is 0.0777.